The zero-order valence-corrected chi connectivity index (χ0v) is 15.1. The first kappa shape index (κ1) is 18.1. The van der Waals surface area contributed by atoms with Crippen molar-refractivity contribution in [2.45, 2.75) is 19.3 Å². The molecule has 24 heavy (non-hydrogen) atoms. The molecule has 0 atom stereocenters. The van der Waals surface area contributed by atoms with Crippen molar-refractivity contribution in [3.63, 3.8) is 0 Å². The van der Waals surface area contributed by atoms with Crippen molar-refractivity contribution >= 4 is 33.5 Å². The molecule has 1 amide bonds. The summed E-state index contributed by atoms with van der Waals surface area (Å²) in [4.78, 5) is 24.2. The number of amides is 1. The predicted octanol–water partition coefficient (Wildman–Crippen LogP) is 4.29. The molecule has 0 heterocycles. The molecule has 126 valence electrons. The lowest BCUT2D eigenvalue weighted by molar-refractivity contribution is -0.120. The van der Waals surface area contributed by atoms with Gasteiger partial charge in [-0.15, -0.1) is 0 Å². The highest BCUT2D eigenvalue weighted by Gasteiger charge is 2.30. The van der Waals surface area contributed by atoms with Gasteiger partial charge in [0.05, 0.1) is 23.8 Å². The summed E-state index contributed by atoms with van der Waals surface area (Å²) < 4.78 is 19.5. The zero-order valence-electron chi connectivity index (χ0n) is 13.5. The third-order valence-electron chi connectivity index (χ3n) is 3.77. The lowest BCUT2D eigenvalue weighted by Crippen LogP contribution is -2.35. The summed E-state index contributed by atoms with van der Waals surface area (Å²) in [6.45, 7) is 3.49. The van der Waals surface area contributed by atoms with E-state index in [1.807, 2.05) is 24.3 Å². The average Bonchev–Trinajstić information content (AvgIpc) is 2.56. The first-order valence-electron chi connectivity index (χ1n) is 7.21. The lowest BCUT2D eigenvalue weighted by Gasteiger charge is -2.24. The largest absolute Gasteiger partial charge is 0.465 e. The van der Waals surface area contributed by atoms with Crippen molar-refractivity contribution in [1.82, 2.24) is 0 Å². The predicted molar refractivity (Wildman–Crippen MR) is 93.5 cm³/mol. The van der Waals surface area contributed by atoms with Crippen LogP contribution in [0.25, 0.3) is 0 Å². The van der Waals surface area contributed by atoms with Crippen LogP contribution in [0.1, 0.15) is 29.8 Å². The van der Waals surface area contributed by atoms with Gasteiger partial charge in [0.25, 0.3) is 0 Å². The minimum Gasteiger partial charge on any atom is -0.465 e. The molecule has 0 bridgehead atoms. The highest BCUT2D eigenvalue weighted by Crippen LogP contribution is 2.27. The smallest absolute Gasteiger partial charge is 0.337 e. The number of rotatable bonds is 4. The molecule has 0 aromatic heterocycles. The fourth-order valence-corrected chi connectivity index (χ4v) is 2.41. The van der Waals surface area contributed by atoms with Crippen LogP contribution in [0.2, 0.25) is 0 Å². The minimum absolute atomic E-state index is 0.0620. The topological polar surface area (TPSA) is 55.4 Å². The molecule has 4 nitrogen and oxygen atoms in total. The molecular weight excluding hydrogens is 377 g/mol. The molecule has 2 aromatic rings. The number of hydrogen-bond acceptors (Lipinski definition) is 3. The summed E-state index contributed by atoms with van der Waals surface area (Å²) in [5.74, 6) is -1.61. The van der Waals surface area contributed by atoms with Gasteiger partial charge in [-0.25, -0.2) is 9.18 Å². The number of halogens is 2. The Labute approximate surface area is 148 Å². The maximum absolute atomic E-state index is 14.0. The second-order valence-electron chi connectivity index (χ2n) is 5.77. The van der Waals surface area contributed by atoms with Crippen molar-refractivity contribution in [2.75, 3.05) is 12.4 Å². The molecule has 0 aliphatic rings. The van der Waals surface area contributed by atoms with E-state index in [1.54, 1.807) is 13.8 Å². The number of ether oxygens (including phenoxy) is 1. The number of anilines is 1. The lowest BCUT2D eigenvalue weighted by atomic mass is 9.83. The monoisotopic (exact) mass is 393 g/mol. The van der Waals surface area contributed by atoms with Gasteiger partial charge in [-0.05, 0) is 49.7 Å². The zero-order chi connectivity index (χ0) is 17.9. The van der Waals surface area contributed by atoms with E-state index >= 15 is 0 Å². The van der Waals surface area contributed by atoms with Gasteiger partial charge in [-0.3, -0.25) is 4.79 Å². The Morgan fingerprint density at radius 2 is 1.75 bits per heavy atom. The molecule has 0 spiro atoms. The molecule has 0 aliphatic carbocycles. The molecule has 2 aromatic carbocycles. The summed E-state index contributed by atoms with van der Waals surface area (Å²) in [6, 6.07) is 11.0. The Kier molecular flexibility index (Phi) is 5.39. The van der Waals surface area contributed by atoms with Crippen LogP contribution in [0, 0.1) is 5.82 Å². The fourth-order valence-electron chi connectivity index (χ4n) is 2.14. The van der Waals surface area contributed by atoms with Crippen LogP contribution in [-0.4, -0.2) is 19.0 Å². The van der Waals surface area contributed by atoms with Crippen molar-refractivity contribution < 1.29 is 18.7 Å². The Hall–Kier alpha value is -2.21. The maximum Gasteiger partial charge on any atom is 0.337 e. The second kappa shape index (κ2) is 7.13. The fraction of sp³-hybridized carbons (Fsp3) is 0.222. The van der Waals surface area contributed by atoms with E-state index in [-0.39, 0.29) is 17.2 Å². The first-order valence-corrected chi connectivity index (χ1v) is 8.00. The van der Waals surface area contributed by atoms with E-state index < -0.39 is 17.2 Å². The molecule has 0 radical (unpaired) electrons. The van der Waals surface area contributed by atoms with Crippen LogP contribution in [-0.2, 0) is 14.9 Å². The van der Waals surface area contributed by atoms with Crippen molar-refractivity contribution in [3.8, 4) is 0 Å². The highest BCUT2D eigenvalue weighted by atomic mass is 79.9. The summed E-state index contributed by atoms with van der Waals surface area (Å²) in [7, 11) is 1.24. The first-order chi connectivity index (χ1) is 11.3. The number of methoxy groups -OCH3 is 1. The van der Waals surface area contributed by atoms with Gasteiger partial charge in [0, 0.05) is 4.47 Å². The Morgan fingerprint density at radius 3 is 2.33 bits per heavy atom. The van der Waals surface area contributed by atoms with E-state index in [0.717, 1.165) is 16.1 Å². The van der Waals surface area contributed by atoms with Crippen LogP contribution in [0.15, 0.2) is 46.9 Å². The molecule has 1 N–H and O–H groups in total. The summed E-state index contributed by atoms with van der Waals surface area (Å²) in [6.07, 6.45) is 0. The number of esters is 1. The summed E-state index contributed by atoms with van der Waals surface area (Å²) in [5, 5.41) is 2.55. The Morgan fingerprint density at radius 1 is 1.12 bits per heavy atom. The number of hydrogen-bond donors (Lipinski definition) is 1. The summed E-state index contributed by atoms with van der Waals surface area (Å²) in [5.41, 5.74) is 0.00507. The van der Waals surface area contributed by atoms with E-state index in [1.165, 1.54) is 19.2 Å². The maximum atomic E-state index is 14.0. The van der Waals surface area contributed by atoms with E-state index in [4.69, 9.17) is 0 Å². The standard InChI is InChI=1S/C18H17BrFNO3/c1-18(2,12-5-7-13(19)8-6-12)17(23)21-15-10-11(16(22)24-3)4-9-14(15)20/h4-10H,1-3H3,(H,21,23). The van der Waals surface area contributed by atoms with Crippen molar-refractivity contribution in [1.29, 1.82) is 0 Å². The van der Waals surface area contributed by atoms with Crippen LogP contribution in [0.5, 0.6) is 0 Å². The third kappa shape index (κ3) is 3.82. The molecule has 0 fully saturated rings. The molecule has 6 heteroatoms. The SMILES string of the molecule is COC(=O)c1ccc(F)c(NC(=O)C(C)(C)c2ccc(Br)cc2)c1. The van der Waals surface area contributed by atoms with Gasteiger partial charge in [-0.1, -0.05) is 28.1 Å². The molecule has 0 aliphatic heterocycles. The Balaban J connectivity index is 2.28. The second-order valence-corrected chi connectivity index (χ2v) is 6.69. The molecule has 0 saturated heterocycles. The number of nitrogens with one attached hydrogen (secondary N) is 1. The van der Waals surface area contributed by atoms with Gasteiger partial charge in [-0.2, -0.15) is 0 Å². The number of carbonyl (C=O) groups is 2. The van der Waals surface area contributed by atoms with E-state index in [0.29, 0.717) is 0 Å². The van der Waals surface area contributed by atoms with E-state index in [2.05, 4.69) is 26.0 Å². The van der Waals surface area contributed by atoms with Gasteiger partial charge >= 0.3 is 5.97 Å². The normalized spacial score (nSPS) is 11.0. The van der Waals surface area contributed by atoms with Gasteiger partial charge < -0.3 is 10.1 Å². The quantitative estimate of drug-likeness (QED) is 0.788. The van der Waals surface area contributed by atoms with Gasteiger partial charge in [0.15, 0.2) is 0 Å². The van der Waals surface area contributed by atoms with Crippen LogP contribution in [0.4, 0.5) is 10.1 Å². The van der Waals surface area contributed by atoms with Crippen molar-refractivity contribution in [2.24, 2.45) is 0 Å². The average molecular weight is 394 g/mol. The van der Waals surface area contributed by atoms with E-state index in [9.17, 15) is 14.0 Å². The Bertz CT molecular complexity index is 772. The van der Waals surface area contributed by atoms with Crippen LogP contribution >= 0.6 is 15.9 Å². The molecule has 0 saturated carbocycles. The summed E-state index contributed by atoms with van der Waals surface area (Å²) >= 11 is 3.35. The molecule has 2 rings (SSSR count). The van der Waals surface area contributed by atoms with Gasteiger partial charge in [0.2, 0.25) is 5.91 Å². The van der Waals surface area contributed by atoms with Crippen LogP contribution in [0.3, 0.4) is 0 Å². The third-order valence-corrected chi connectivity index (χ3v) is 4.30. The number of carbonyl (C=O) groups excluding carboxylic acids is 2. The molecular formula is C18H17BrFNO3. The van der Waals surface area contributed by atoms with Crippen molar-refractivity contribution in [3.05, 3.63) is 63.9 Å². The highest BCUT2D eigenvalue weighted by molar-refractivity contribution is 9.10. The minimum atomic E-state index is -0.881. The van der Waals surface area contributed by atoms with Crippen LogP contribution < -0.4 is 5.32 Å². The number of benzene rings is 2. The van der Waals surface area contributed by atoms with Gasteiger partial charge in [0.1, 0.15) is 5.82 Å². The molecule has 0 unspecified atom stereocenters.